The Kier molecular flexibility index (Phi) is 14.7. The number of aromatic nitrogens is 2. The number of aliphatic hydroxyl groups excluding tert-OH is 3. The van der Waals surface area contributed by atoms with E-state index in [1.807, 2.05) is 4.98 Å². The number of alkyl halides is 4. The molecule has 1 unspecified atom stereocenters. The van der Waals surface area contributed by atoms with E-state index in [4.69, 9.17) is 23.6 Å². The zero-order valence-electron chi connectivity index (χ0n) is 32.3. The number of hydrogen-bond acceptors (Lipinski definition) is 13. The first-order valence-corrected chi connectivity index (χ1v) is 19.5. The number of allylic oxidation sites excluding steroid dienone is 1. The molecule has 0 spiro atoms. The molecule has 2 aromatic rings. The second-order valence-corrected chi connectivity index (χ2v) is 15.8. The Labute approximate surface area is 339 Å². The molecule has 2 fully saturated rings. The van der Waals surface area contributed by atoms with Crippen molar-refractivity contribution in [3.05, 3.63) is 112 Å². The summed E-state index contributed by atoms with van der Waals surface area (Å²) in [7, 11) is -4.56. The number of carbonyl (C=O) groups is 3. The van der Waals surface area contributed by atoms with E-state index >= 15 is 8.78 Å². The van der Waals surface area contributed by atoms with E-state index in [-0.39, 0.29) is 5.75 Å². The number of ether oxygens (including phenoxy) is 2. The minimum Gasteiger partial charge on any atom is -0.462 e. The van der Waals surface area contributed by atoms with Crippen molar-refractivity contribution < 1.29 is 70.4 Å². The number of nitrogens with one attached hydrogen (secondary N) is 2. The number of halogens is 4. The van der Waals surface area contributed by atoms with Gasteiger partial charge >= 0.3 is 19.4 Å². The summed E-state index contributed by atoms with van der Waals surface area (Å²) in [6.07, 6.45) is -4.39. The summed E-state index contributed by atoms with van der Waals surface area (Å²) in [4.78, 5) is 61.6. The highest BCUT2D eigenvalue weighted by Crippen LogP contribution is 2.53. The van der Waals surface area contributed by atoms with Gasteiger partial charge in [-0.3, -0.25) is 38.2 Å². The van der Waals surface area contributed by atoms with Crippen molar-refractivity contribution in [2.24, 2.45) is 0 Å². The third-order valence-electron chi connectivity index (χ3n) is 9.30. The molecule has 60 heavy (non-hydrogen) atoms. The molecule has 17 nitrogen and oxygen atoms in total. The topological polar surface area (TPSA) is 236 Å². The lowest BCUT2D eigenvalue weighted by Gasteiger charge is -2.32. The van der Waals surface area contributed by atoms with Gasteiger partial charge in [0.1, 0.15) is 24.5 Å². The Balaban J connectivity index is 0.000000317. The number of nitrogens with zero attached hydrogens (tertiary/aromatic N) is 2. The maximum atomic E-state index is 16.2. The molecule has 326 valence electrons. The fraction of sp³-hybridized carbons (Fsp3) is 0.447. The summed E-state index contributed by atoms with van der Waals surface area (Å²) in [5.41, 5.74) is -6.30. The van der Waals surface area contributed by atoms with Crippen LogP contribution in [0.2, 0.25) is 0 Å². The normalized spacial score (nSPS) is 31.3. The van der Waals surface area contributed by atoms with Crippen molar-refractivity contribution in [2.75, 3.05) is 13.2 Å². The molecule has 1 saturated carbocycles. The van der Waals surface area contributed by atoms with E-state index in [1.165, 1.54) is 19.1 Å². The van der Waals surface area contributed by atoms with E-state index in [0.29, 0.717) is 17.1 Å². The predicted octanol–water partition coefficient (Wildman–Crippen LogP) is 2.46. The number of ketones is 1. The van der Waals surface area contributed by atoms with Gasteiger partial charge in [0.2, 0.25) is 11.6 Å². The SMILES string of the molecule is C=C=C[C@@]1(F)[C@H](O)[C@@](F)(COP(=O)(N[C@@H](C)C(=O)OC(C)C)Oc2ccccc2)C[C@H]1n1ccc(=O)[nH]c1=O.C=C=C[C@]1(F)[C@H](N2C=CC(=O)CC2=O)O[C@](F)(CO)[C@H]1O. The summed E-state index contributed by atoms with van der Waals surface area (Å²) in [5, 5.41) is 31.9. The largest absolute Gasteiger partial charge is 0.462 e. The molecular weight excluding hydrogens is 827 g/mol. The van der Waals surface area contributed by atoms with Crippen LogP contribution in [-0.4, -0.2) is 114 Å². The van der Waals surface area contributed by atoms with Gasteiger partial charge in [-0.2, -0.15) is 5.09 Å². The van der Waals surface area contributed by atoms with Gasteiger partial charge in [0.15, 0.2) is 29.5 Å². The number of carbonyl (C=O) groups excluding carboxylic acids is 3. The van der Waals surface area contributed by atoms with Crippen molar-refractivity contribution in [1.29, 1.82) is 0 Å². The number of rotatable bonds is 14. The Morgan fingerprint density at radius 3 is 2.25 bits per heavy atom. The fourth-order valence-corrected chi connectivity index (χ4v) is 7.95. The highest BCUT2D eigenvalue weighted by molar-refractivity contribution is 7.52. The van der Waals surface area contributed by atoms with Gasteiger partial charge in [-0.1, -0.05) is 31.4 Å². The number of aliphatic hydroxyl groups is 3. The molecule has 0 radical (unpaired) electrons. The maximum absolute atomic E-state index is 16.2. The highest BCUT2D eigenvalue weighted by atomic mass is 31.2. The summed E-state index contributed by atoms with van der Waals surface area (Å²) in [6, 6.07) is 5.70. The Morgan fingerprint density at radius 1 is 1.05 bits per heavy atom. The van der Waals surface area contributed by atoms with Crippen molar-refractivity contribution in [1.82, 2.24) is 19.5 Å². The second-order valence-electron chi connectivity index (χ2n) is 14.1. The molecule has 5 rings (SSSR count). The zero-order chi connectivity index (χ0) is 44.8. The van der Waals surface area contributed by atoms with Crippen molar-refractivity contribution in [2.45, 2.75) is 93.1 Å². The van der Waals surface area contributed by atoms with Crippen LogP contribution in [0, 0.1) is 0 Å². The lowest BCUT2D eigenvalue weighted by atomic mass is 9.94. The third kappa shape index (κ3) is 10.0. The molecule has 0 bridgehead atoms. The lowest BCUT2D eigenvalue weighted by Crippen LogP contribution is -2.52. The van der Waals surface area contributed by atoms with Gasteiger partial charge in [-0.05, 0) is 45.1 Å². The summed E-state index contributed by atoms with van der Waals surface area (Å²) >= 11 is 0. The van der Waals surface area contributed by atoms with Gasteiger partial charge in [0.25, 0.3) is 11.4 Å². The average molecular weight is 871 g/mol. The molecule has 10 atom stereocenters. The van der Waals surface area contributed by atoms with Crippen LogP contribution in [0.1, 0.15) is 39.7 Å². The first kappa shape index (κ1) is 47.5. The van der Waals surface area contributed by atoms with Crippen molar-refractivity contribution in [3.63, 3.8) is 0 Å². The lowest BCUT2D eigenvalue weighted by molar-refractivity contribution is -0.212. The van der Waals surface area contributed by atoms with Crippen LogP contribution in [0.15, 0.2) is 101 Å². The Morgan fingerprint density at radius 2 is 1.68 bits per heavy atom. The molecule has 1 aromatic carbocycles. The molecule has 5 N–H and O–H groups in total. The Bertz CT molecular complexity index is 2230. The highest BCUT2D eigenvalue weighted by Gasteiger charge is 2.67. The van der Waals surface area contributed by atoms with Gasteiger partial charge in [0, 0.05) is 31.0 Å². The van der Waals surface area contributed by atoms with Gasteiger partial charge < -0.3 is 29.3 Å². The summed E-state index contributed by atoms with van der Waals surface area (Å²) in [6.45, 7) is 8.47. The van der Waals surface area contributed by atoms with Crippen LogP contribution < -0.4 is 20.9 Å². The fourth-order valence-electron chi connectivity index (χ4n) is 6.41. The van der Waals surface area contributed by atoms with Crippen LogP contribution in [0.25, 0.3) is 0 Å². The van der Waals surface area contributed by atoms with Crippen molar-refractivity contribution >= 4 is 25.4 Å². The van der Waals surface area contributed by atoms with E-state index in [0.717, 1.165) is 29.1 Å². The molecule has 1 saturated heterocycles. The molecule has 22 heteroatoms. The van der Waals surface area contributed by atoms with E-state index in [1.54, 1.807) is 32.0 Å². The standard InChI is InChI=1S/C25H30F2N3O8P.C13H13F2NO5/c1-5-12-25(27)19(30-13-11-20(31)28-23(30)34)14-24(26,22(25)33)15-36-39(35,38-18-9-7-6-8-10-18)29-17(4)21(32)37-16(2)3;1-2-4-12(14)10(20)13(15,7-17)21-11(12)16-5-3-8(18)6-9(16)19/h6-13,16-17,19,22,33H,1,14-15H2,2-4H3,(H,29,35)(H,28,31,34);3-5,10-11,17,20H,1,6-7H2/t17-,19+,22+,24-,25-,39?;10-,11+,12+,13+/m00/s1. The van der Waals surface area contributed by atoms with E-state index in [2.05, 4.69) is 29.7 Å². The number of esters is 1. The van der Waals surface area contributed by atoms with Crippen LogP contribution in [0.5, 0.6) is 5.75 Å². The number of amides is 1. The smallest absolute Gasteiger partial charge is 0.459 e. The maximum Gasteiger partial charge on any atom is 0.459 e. The molecular formula is C38H43F4N4O13P. The number of hydrogen-bond donors (Lipinski definition) is 5. The van der Waals surface area contributed by atoms with Crippen molar-refractivity contribution in [3.8, 4) is 5.75 Å². The first-order chi connectivity index (χ1) is 28.0. The molecule has 2 aliphatic heterocycles. The van der Waals surface area contributed by atoms with Gasteiger partial charge in [0.05, 0.1) is 25.2 Å². The molecule has 1 aliphatic carbocycles. The van der Waals surface area contributed by atoms with Gasteiger partial charge in [-0.25, -0.2) is 26.9 Å². The second kappa shape index (κ2) is 18.6. The number of H-pyrrole nitrogens is 1. The van der Waals surface area contributed by atoms with E-state index < -0.39 is 122 Å². The first-order valence-electron chi connectivity index (χ1n) is 18.0. The molecule has 3 heterocycles. The summed E-state index contributed by atoms with van der Waals surface area (Å²) in [5.74, 6) is -5.15. The minimum atomic E-state index is -4.56. The third-order valence-corrected chi connectivity index (χ3v) is 10.9. The molecule has 1 amide bonds. The zero-order valence-corrected chi connectivity index (χ0v) is 33.2. The summed E-state index contributed by atoms with van der Waals surface area (Å²) < 4.78 is 96.5. The molecule has 3 aliphatic rings. The number of aromatic amines is 1. The quantitative estimate of drug-likeness (QED) is 0.0604. The average Bonchev–Trinajstić information content (AvgIpc) is 3.49. The predicted molar refractivity (Wildman–Crippen MR) is 202 cm³/mol. The van der Waals surface area contributed by atoms with Crippen LogP contribution in [-0.2, 0) is 32.9 Å². The van der Waals surface area contributed by atoms with Crippen LogP contribution in [0.4, 0.5) is 17.6 Å². The number of para-hydroxylation sites is 1. The van der Waals surface area contributed by atoms with E-state index in [9.17, 15) is 47.5 Å². The monoisotopic (exact) mass is 870 g/mol. The Hall–Kier alpha value is -5.20. The van der Waals surface area contributed by atoms with Gasteiger partial charge in [-0.15, -0.1) is 11.5 Å². The number of benzene rings is 1. The molecule has 1 aromatic heterocycles. The van der Waals surface area contributed by atoms with Crippen LogP contribution in [0.3, 0.4) is 0 Å². The van der Waals surface area contributed by atoms with Crippen LogP contribution >= 0.6 is 7.75 Å². The minimum absolute atomic E-state index is 0.0461.